The molecule has 21 heavy (non-hydrogen) atoms. The third-order valence-electron chi connectivity index (χ3n) is 2.92. The molecule has 2 N–H and O–H groups in total. The molecule has 6 heteroatoms. The van der Waals surface area contributed by atoms with Crippen LogP contribution in [0.25, 0.3) is 6.08 Å². The van der Waals surface area contributed by atoms with E-state index in [9.17, 15) is 9.59 Å². The summed E-state index contributed by atoms with van der Waals surface area (Å²) in [5.41, 5.74) is 0.951. The highest BCUT2D eigenvalue weighted by Gasteiger charge is 2.12. The molecule has 6 nitrogen and oxygen atoms in total. The summed E-state index contributed by atoms with van der Waals surface area (Å²) >= 11 is 0. The minimum absolute atomic E-state index is 0.171. The zero-order chi connectivity index (χ0) is 15.7. The lowest BCUT2D eigenvalue weighted by Crippen LogP contribution is -2.28. The van der Waals surface area contributed by atoms with Crippen molar-refractivity contribution in [3.8, 4) is 0 Å². The van der Waals surface area contributed by atoms with Gasteiger partial charge in [-0.05, 0) is 37.0 Å². The summed E-state index contributed by atoms with van der Waals surface area (Å²) in [5.74, 6) is -1.20. The molecule has 1 aromatic rings. The predicted octanol–water partition coefficient (Wildman–Crippen LogP) is 1.41. The number of rotatable bonds is 8. The number of carboxylic acid groups (broad SMARTS) is 1. The molecular weight excluding hydrogens is 272 g/mol. The molecule has 0 aromatic carbocycles. The van der Waals surface area contributed by atoms with Crippen LogP contribution in [0.15, 0.2) is 24.4 Å². The number of aliphatic carboxylic acids is 1. The number of carbonyl (C=O) groups excluding carboxylic acids is 1. The van der Waals surface area contributed by atoms with E-state index in [-0.39, 0.29) is 12.5 Å². The van der Waals surface area contributed by atoms with Crippen molar-refractivity contribution in [1.82, 2.24) is 9.88 Å². The van der Waals surface area contributed by atoms with Gasteiger partial charge >= 0.3 is 5.97 Å². The molecule has 0 spiro atoms. The molecule has 1 amide bonds. The van der Waals surface area contributed by atoms with Crippen LogP contribution in [0.5, 0.6) is 0 Å². The summed E-state index contributed by atoms with van der Waals surface area (Å²) < 4.78 is 0. The van der Waals surface area contributed by atoms with Crippen LogP contribution in [0, 0.1) is 0 Å². The zero-order valence-electron chi connectivity index (χ0n) is 12.0. The minimum Gasteiger partial charge on any atom is -0.478 e. The lowest BCUT2D eigenvalue weighted by Gasteiger charge is -2.16. The van der Waals surface area contributed by atoms with Crippen LogP contribution in [-0.4, -0.2) is 52.2 Å². The molecule has 114 valence electrons. The Hall–Kier alpha value is -2.21. The summed E-state index contributed by atoms with van der Waals surface area (Å²) in [6.45, 7) is 0.783. The molecule has 1 rings (SSSR count). The van der Waals surface area contributed by atoms with E-state index in [4.69, 9.17) is 10.2 Å². The lowest BCUT2D eigenvalue weighted by atomic mass is 10.2. The molecule has 0 fully saturated rings. The lowest BCUT2D eigenvalue weighted by molar-refractivity contribution is -0.131. The number of nitrogens with zero attached hydrogens (tertiary/aromatic N) is 2. The minimum atomic E-state index is -1.03. The van der Waals surface area contributed by atoms with E-state index < -0.39 is 5.97 Å². The van der Waals surface area contributed by atoms with Crippen molar-refractivity contribution in [2.75, 3.05) is 20.2 Å². The van der Waals surface area contributed by atoms with E-state index in [0.717, 1.165) is 25.3 Å². The maximum atomic E-state index is 12.1. The summed E-state index contributed by atoms with van der Waals surface area (Å²) in [7, 11) is 1.71. The Kier molecular flexibility index (Phi) is 7.11. The second-order valence-electron chi connectivity index (χ2n) is 4.66. The molecule has 1 heterocycles. The number of aliphatic hydroxyl groups excluding tert-OH is 1. The van der Waals surface area contributed by atoms with Gasteiger partial charge in [0.2, 0.25) is 0 Å². The number of unbranched alkanes of at least 4 members (excludes halogenated alkanes) is 2. The number of aliphatic hydroxyl groups is 1. The van der Waals surface area contributed by atoms with Gasteiger partial charge in [0.05, 0.1) is 0 Å². The molecule has 0 radical (unpaired) electrons. The summed E-state index contributed by atoms with van der Waals surface area (Å²) in [4.78, 5) is 28.1. The monoisotopic (exact) mass is 292 g/mol. The van der Waals surface area contributed by atoms with Gasteiger partial charge in [0.1, 0.15) is 5.69 Å². The molecule has 1 aromatic heterocycles. The molecule has 0 bridgehead atoms. The Bertz CT molecular complexity index is 497. The largest absolute Gasteiger partial charge is 0.478 e. The molecule has 0 aliphatic heterocycles. The van der Waals surface area contributed by atoms with E-state index in [1.54, 1.807) is 24.1 Å². The first-order valence-corrected chi connectivity index (χ1v) is 6.78. The van der Waals surface area contributed by atoms with E-state index in [0.29, 0.717) is 17.8 Å². The first-order chi connectivity index (χ1) is 10.0. The first kappa shape index (κ1) is 16.8. The van der Waals surface area contributed by atoms with Gasteiger partial charge in [0, 0.05) is 32.5 Å². The number of aromatic nitrogens is 1. The van der Waals surface area contributed by atoms with E-state index >= 15 is 0 Å². The number of carboxylic acids is 1. The number of carbonyl (C=O) groups is 2. The highest BCUT2D eigenvalue weighted by molar-refractivity contribution is 5.92. The Balaban J connectivity index is 2.56. The number of amides is 1. The van der Waals surface area contributed by atoms with E-state index in [1.165, 1.54) is 12.3 Å². The smallest absolute Gasteiger partial charge is 0.328 e. The Labute approximate surface area is 123 Å². The van der Waals surface area contributed by atoms with Crippen LogP contribution in [0.1, 0.15) is 35.3 Å². The van der Waals surface area contributed by atoms with Gasteiger partial charge in [-0.25, -0.2) is 4.79 Å². The van der Waals surface area contributed by atoms with Crippen molar-refractivity contribution in [1.29, 1.82) is 0 Å². The molecule has 0 unspecified atom stereocenters. The average Bonchev–Trinajstić information content (AvgIpc) is 2.49. The van der Waals surface area contributed by atoms with Gasteiger partial charge < -0.3 is 15.1 Å². The summed E-state index contributed by atoms with van der Waals surface area (Å²) in [6.07, 6.45) is 6.36. The normalized spacial score (nSPS) is 10.8. The van der Waals surface area contributed by atoms with Crippen LogP contribution in [0.2, 0.25) is 0 Å². The third-order valence-corrected chi connectivity index (χ3v) is 2.92. The first-order valence-electron chi connectivity index (χ1n) is 6.78. The van der Waals surface area contributed by atoms with E-state index in [1.807, 2.05) is 0 Å². The van der Waals surface area contributed by atoms with Crippen molar-refractivity contribution in [3.05, 3.63) is 35.7 Å². The fourth-order valence-corrected chi connectivity index (χ4v) is 1.73. The molecular formula is C15H20N2O4. The van der Waals surface area contributed by atoms with Crippen molar-refractivity contribution in [2.45, 2.75) is 19.3 Å². The molecule has 0 atom stereocenters. The second-order valence-corrected chi connectivity index (χ2v) is 4.66. The Morgan fingerprint density at radius 2 is 2.05 bits per heavy atom. The van der Waals surface area contributed by atoms with Gasteiger partial charge in [0.15, 0.2) is 0 Å². The van der Waals surface area contributed by atoms with Crippen LogP contribution < -0.4 is 0 Å². The summed E-state index contributed by atoms with van der Waals surface area (Å²) in [5, 5.41) is 17.2. The fourth-order valence-electron chi connectivity index (χ4n) is 1.73. The predicted molar refractivity (Wildman–Crippen MR) is 78.8 cm³/mol. The van der Waals surface area contributed by atoms with Gasteiger partial charge in [0.25, 0.3) is 5.91 Å². The van der Waals surface area contributed by atoms with Crippen molar-refractivity contribution in [3.63, 3.8) is 0 Å². The van der Waals surface area contributed by atoms with Crippen molar-refractivity contribution in [2.24, 2.45) is 0 Å². The molecule has 0 saturated carbocycles. The van der Waals surface area contributed by atoms with Gasteiger partial charge in [-0.3, -0.25) is 9.78 Å². The number of hydrogen-bond acceptors (Lipinski definition) is 4. The highest BCUT2D eigenvalue weighted by Crippen LogP contribution is 2.06. The fraction of sp³-hybridized carbons (Fsp3) is 0.400. The van der Waals surface area contributed by atoms with Crippen molar-refractivity contribution >= 4 is 18.0 Å². The quantitative estimate of drug-likeness (QED) is 0.558. The van der Waals surface area contributed by atoms with Gasteiger partial charge in [-0.1, -0.05) is 6.07 Å². The topological polar surface area (TPSA) is 90.7 Å². The second kappa shape index (κ2) is 8.86. The molecule has 0 aliphatic rings. The Morgan fingerprint density at radius 3 is 2.62 bits per heavy atom. The average molecular weight is 292 g/mol. The maximum Gasteiger partial charge on any atom is 0.328 e. The molecule has 0 saturated heterocycles. The number of hydrogen-bond donors (Lipinski definition) is 2. The zero-order valence-corrected chi connectivity index (χ0v) is 12.0. The highest BCUT2D eigenvalue weighted by atomic mass is 16.4. The Morgan fingerprint density at radius 1 is 1.29 bits per heavy atom. The SMILES string of the molecule is CN(CCCCCO)C(=O)c1ccc(/C=C/C(=O)O)cn1. The van der Waals surface area contributed by atoms with Gasteiger partial charge in [-0.2, -0.15) is 0 Å². The molecule has 0 aliphatic carbocycles. The van der Waals surface area contributed by atoms with Crippen LogP contribution in [0.3, 0.4) is 0 Å². The van der Waals surface area contributed by atoms with Crippen LogP contribution in [-0.2, 0) is 4.79 Å². The maximum absolute atomic E-state index is 12.1. The third kappa shape index (κ3) is 6.18. The van der Waals surface area contributed by atoms with E-state index in [2.05, 4.69) is 4.98 Å². The number of pyridine rings is 1. The van der Waals surface area contributed by atoms with Crippen LogP contribution >= 0.6 is 0 Å². The standard InChI is InChI=1S/C15H20N2O4/c1-17(9-3-2-4-10-18)15(21)13-7-5-12(11-16-13)6-8-14(19)20/h5-8,11,18H,2-4,9-10H2,1H3,(H,19,20)/b8-6+. The van der Waals surface area contributed by atoms with Gasteiger partial charge in [-0.15, -0.1) is 0 Å². The van der Waals surface area contributed by atoms with Crippen molar-refractivity contribution < 1.29 is 19.8 Å². The summed E-state index contributed by atoms with van der Waals surface area (Å²) in [6, 6.07) is 3.23. The van der Waals surface area contributed by atoms with Crippen LogP contribution in [0.4, 0.5) is 0 Å².